The quantitative estimate of drug-likeness (QED) is 0.593. The van der Waals surface area contributed by atoms with Crippen molar-refractivity contribution in [3.8, 4) is 5.75 Å². The van der Waals surface area contributed by atoms with Crippen LogP contribution in [0, 0.1) is 6.92 Å². The molecule has 6 nitrogen and oxygen atoms in total. The lowest BCUT2D eigenvalue weighted by atomic mass is 10.1. The van der Waals surface area contributed by atoms with E-state index in [2.05, 4.69) is 10.0 Å². The minimum Gasteiger partial charge on any atom is -0.497 e. The van der Waals surface area contributed by atoms with Crippen molar-refractivity contribution in [1.29, 1.82) is 0 Å². The number of carbonyl (C=O) groups excluding carboxylic acids is 1. The highest BCUT2D eigenvalue weighted by molar-refractivity contribution is 7.92. The summed E-state index contributed by atoms with van der Waals surface area (Å²) in [6.45, 7) is 1.67. The number of benzene rings is 3. The molecule has 8 heteroatoms. The van der Waals surface area contributed by atoms with E-state index in [0.717, 1.165) is 0 Å². The number of amides is 1. The topological polar surface area (TPSA) is 84.5 Å². The monoisotopic (exact) mass is 430 g/mol. The molecular weight excluding hydrogens is 412 g/mol. The average molecular weight is 431 g/mol. The molecule has 1 amide bonds. The van der Waals surface area contributed by atoms with Crippen molar-refractivity contribution in [2.24, 2.45) is 0 Å². The van der Waals surface area contributed by atoms with Crippen LogP contribution in [0.5, 0.6) is 5.75 Å². The third-order valence-corrected chi connectivity index (χ3v) is 5.92. The first-order chi connectivity index (χ1) is 13.8. The molecule has 0 aliphatic heterocycles. The Morgan fingerprint density at radius 3 is 2.34 bits per heavy atom. The van der Waals surface area contributed by atoms with E-state index in [1.807, 2.05) is 0 Å². The molecule has 2 N–H and O–H groups in total. The minimum absolute atomic E-state index is 0.0204. The summed E-state index contributed by atoms with van der Waals surface area (Å²) in [4.78, 5) is 12.6. The molecule has 0 aromatic heterocycles. The first kappa shape index (κ1) is 20.7. The zero-order chi connectivity index (χ0) is 21.0. The third kappa shape index (κ3) is 5.07. The van der Waals surface area contributed by atoms with Gasteiger partial charge in [-0.3, -0.25) is 9.52 Å². The average Bonchev–Trinajstić information content (AvgIpc) is 2.68. The highest BCUT2D eigenvalue weighted by atomic mass is 35.5. The summed E-state index contributed by atoms with van der Waals surface area (Å²) >= 11 is 5.93. The standard InChI is InChI=1S/C21H19ClN2O4S/c1-14-6-7-15(21(25)23-18-5-3-4-16(22)13-18)12-20(14)29(26,27)24-17-8-10-19(28-2)11-9-17/h3-13,24H,1-2H3,(H,23,25). The van der Waals surface area contributed by atoms with Gasteiger partial charge in [0.2, 0.25) is 0 Å². The van der Waals surface area contributed by atoms with Crippen LogP contribution in [-0.4, -0.2) is 21.4 Å². The van der Waals surface area contributed by atoms with Crippen LogP contribution in [0.2, 0.25) is 5.02 Å². The molecule has 0 atom stereocenters. The van der Waals surface area contributed by atoms with Crippen LogP contribution in [-0.2, 0) is 10.0 Å². The lowest BCUT2D eigenvalue weighted by Gasteiger charge is -2.13. The second-order valence-electron chi connectivity index (χ2n) is 6.28. The second kappa shape index (κ2) is 8.55. The van der Waals surface area contributed by atoms with Crippen molar-refractivity contribution in [1.82, 2.24) is 0 Å². The number of nitrogens with one attached hydrogen (secondary N) is 2. The number of ether oxygens (including phenoxy) is 1. The van der Waals surface area contributed by atoms with Gasteiger partial charge in [0.05, 0.1) is 12.0 Å². The van der Waals surface area contributed by atoms with E-state index in [4.69, 9.17) is 16.3 Å². The fourth-order valence-electron chi connectivity index (χ4n) is 2.67. The Bertz CT molecular complexity index is 1150. The number of methoxy groups -OCH3 is 1. The summed E-state index contributed by atoms with van der Waals surface area (Å²) < 4.78 is 33.3. The molecule has 3 aromatic carbocycles. The van der Waals surface area contributed by atoms with Crippen molar-refractivity contribution >= 4 is 38.9 Å². The normalized spacial score (nSPS) is 11.0. The van der Waals surface area contributed by atoms with E-state index >= 15 is 0 Å². The predicted octanol–water partition coefficient (Wildman–Crippen LogP) is 4.71. The molecule has 0 aliphatic rings. The summed E-state index contributed by atoms with van der Waals surface area (Å²) in [6.07, 6.45) is 0. The number of anilines is 2. The highest BCUT2D eigenvalue weighted by Gasteiger charge is 2.19. The molecule has 0 saturated heterocycles. The van der Waals surface area contributed by atoms with Gasteiger partial charge in [-0.05, 0) is 67.1 Å². The van der Waals surface area contributed by atoms with Crippen molar-refractivity contribution in [3.05, 3.63) is 82.9 Å². The number of rotatable bonds is 6. The first-order valence-electron chi connectivity index (χ1n) is 8.63. The molecule has 0 saturated carbocycles. The van der Waals surface area contributed by atoms with Crippen LogP contribution in [0.1, 0.15) is 15.9 Å². The fraction of sp³-hybridized carbons (Fsp3) is 0.0952. The van der Waals surface area contributed by atoms with Gasteiger partial charge in [0, 0.05) is 22.0 Å². The Labute approximate surface area is 174 Å². The molecule has 3 aromatic rings. The SMILES string of the molecule is COc1ccc(NS(=O)(=O)c2cc(C(=O)Nc3cccc(Cl)c3)ccc2C)cc1. The molecule has 150 valence electrons. The Morgan fingerprint density at radius 2 is 1.69 bits per heavy atom. The van der Waals surface area contributed by atoms with E-state index in [1.54, 1.807) is 67.6 Å². The van der Waals surface area contributed by atoms with E-state index in [0.29, 0.717) is 27.7 Å². The maximum atomic E-state index is 12.9. The summed E-state index contributed by atoms with van der Waals surface area (Å²) in [5.41, 5.74) is 1.64. The molecular formula is C21H19ClN2O4S. The number of hydrogen-bond donors (Lipinski definition) is 2. The van der Waals surface area contributed by atoms with Gasteiger partial charge in [0.1, 0.15) is 5.75 Å². The van der Waals surface area contributed by atoms with Crippen molar-refractivity contribution < 1.29 is 17.9 Å². The van der Waals surface area contributed by atoms with Crippen molar-refractivity contribution in [3.63, 3.8) is 0 Å². The molecule has 29 heavy (non-hydrogen) atoms. The van der Waals surface area contributed by atoms with Gasteiger partial charge < -0.3 is 10.1 Å². The predicted molar refractivity (Wildman–Crippen MR) is 114 cm³/mol. The van der Waals surface area contributed by atoms with Gasteiger partial charge in [0.25, 0.3) is 15.9 Å². The summed E-state index contributed by atoms with van der Waals surface area (Å²) in [7, 11) is -2.36. The van der Waals surface area contributed by atoms with Crippen LogP contribution in [0.4, 0.5) is 11.4 Å². The van der Waals surface area contributed by atoms with Gasteiger partial charge >= 0.3 is 0 Å². The van der Waals surface area contributed by atoms with Crippen LogP contribution in [0.15, 0.2) is 71.6 Å². The second-order valence-corrected chi connectivity index (χ2v) is 8.37. The number of aryl methyl sites for hydroxylation is 1. The number of halogens is 1. The maximum absolute atomic E-state index is 12.9. The van der Waals surface area contributed by atoms with E-state index in [9.17, 15) is 13.2 Å². The summed E-state index contributed by atoms with van der Waals surface area (Å²) in [5.74, 6) is 0.178. The smallest absolute Gasteiger partial charge is 0.262 e. The van der Waals surface area contributed by atoms with Crippen LogP contribution in [0.3, 0.4) is 0 Å². The third-order valence-electron chi connectivity index (χ3n) is 4.16. The molecule has 3 rings (SSSR count). The molecule has 0 unspecified atom stereocenters. The molecule has 0 aliphatic carbocycles. The van der Waals surface area contributed by atoms with E-state index in [1.165, 1.54) is 13.2 Å². The summed E-state index contributed by atoms with van der Waals surface area (Å²) in [6, 6.07) is 17.7. The Kier molecular flexibility index (Phi) is 6.10. The Balaban J connectivity index is 1.86. The molecule has 0 heterocycles. The molecule has 0 fully saturated rings. The van der Waals surface area contributed by atoms with Crippen LogP contribution < -0.4 is 14.8 Å². The highest BCUT2D eigenvalue weighted by Crippen LogP contribution is 2.23. The fourth-order valence-corrected chi connectivity index (χ4v) is 4.19. The van der Waals surface area contributed by atoms with E-state index < -0.39 is 15.9 Å². The van der Waals surface area contributed by atoms with Crippen molar-refractivity contribution in [2.75, 3.05) is 17.1 Å². The van der Waals surface area contributed by atoms with Gasteiger partial charge in [-0.2, -0.15) is 0 Å². The molecule has 0 bridgehead atoms. The number of carbonyl (C=O) groups is 1. The first-order valence-corrected chi connectivity index (χ1v) is 10.5. The Hall–Kier alpha value is -3.03. The van der Waals surface area contributed by atoms with Crippen molar-refractivity contribution in [2.45, 2.75) is 11.8 Å². The van der Waals surface area contributed by atoms with Gasteiger partial charge in [-0.1, -0.05) is 23.7 Å². The summed E-state index contributed by atoms with van der Waals surface area (Å²) in [5, 5.41) is 3.19. The van der Waals surface area contributed by atoms with Crippen LogP contribution in [0.25, 0.3) is 0 Å². The van der Waals surface area contributed by atoms with Gasteiger partial charge in [-0.15, -0.1) is 0 Å². The van der Waals surface area contributed by atoms with E-state index in [-0.39, 0.29) is 10.5 Å². The maximum Gasteiger partial charge on any atom is 0.262 e. The zero-order valence-corrected chi connectivity index (χ0v) is 17.3. The minimum atomic E-state index is -3.89. The lowest BCUT2D eigenvalue weighted by Crippen LogP contribution is -2.17. The molecule has 0 spiro atoms. The number of hydrogen-bond acceptors (Lipinski definition) is 4. The van der Waals surface area contributed by atoms with Crippen LogP contribution >= 0.6 is 11.6 Å². The Morgan fingerprint density at radius 1 is 0.966 bits per heavy atom. The zero-order valence-electron chi connectivity index (χ0n) is 15.8. The molecule has 0 radical (unpaired) electrons. The largest absolute Gasteiger partial charge is 0.497 e. The van der Waals surface area contributed by atoms with Gasteiger partial charge in [-0.25, -0.2) is 8.42 Å². The lowest BCUT2D eigenvalue weighted by molar-refractivity contribution is 0.102. The number of sulfonamides is 1. The van der Waals surface area contributed by atoms with Gasteiger partial charge in [0.15, 0.2) is 0 Å².